The molecule has 2 aromatic rings. The number of hydrogen-bond acceptors (Lipinski definition) is 1. The molecule has 1 aliphatic rings. The minimum absolute atomic E-state index is 0.803. The van der Waals surface area contributed by atoms with Gasteiger partial charge in [0.2, 0.25) is 5.69 Å². The first-order valence-electron chi connectivity index (χ1n) is 8.58. The summed E-state index contributed by atoms with van der Waals surface area (Å²) in [6, 6.07) is 11.0. The molecule has 0 radical (unpaired) electrons. The van der Waals surface area contributed by atoms with Gasteiger partial charge in [-0.15, -0.1) is 0 Å². The standard InChI is InChI=1S/C20H26NO/c1-4-6-13-21-15(3)16-9-8-10-17-19(22-14-7-5-2)12-11-18(21)20(16)17/h8-12H,4-7,13-14H2,1-3H3/q+1. The molecule has 0 aliphatic carbocycles. The van der Waals surface area contributed by atoms with Crippen molar-refractivity contribution < 1.29 is 9.31 Å². The predicted octanol–water partition coefficient (Wildman–Crippen LogP) is 5.29. The largest absolute Gasteiger partial charge is 0.493 e. The Balaban J connectivity index is 2.03. The summed E-state index contributed by atoms with van der Waals surface area (Å²) in [4.78, 5) is 0. The first kappa shape index (κ1) is 15.1. The van der Waals surface area contributed by atoms with Crippen LogP contribution >= 0.6 is 0 Å². The highest BCUT2D eigenvalue weighted by Crippen LogP contribution is 2.39. The molecule has 0 aromatic heterocycles. The highest BCUT2D eigenvalue weighted by Gasteiger charge is 2.29. The number of rotatable bonds is 7. The van der Waals surface area contributed by atoms with Crippen molar-refractivity contribution in [1.82, 2.24) is 0 Å². The van der Waals surface area contributed by atoms with E-state index in [-0.39, 0.29) is 0 Å². The Kier molecular flexibility index (Phi) is 4.47. The van der Waals surface area contributed by atoms with E-state index in [0.29, 0.717) is 0 Å². The topological polar surface area (TPSA) is 12.2 Å². The second kappa shape index (κ2) is 6.51. The quantitative estimate of drug-likeness (QED) is 0.500. The van der Waals surface area contributed by atoms with E-state index in [1.807, 2.05) is 0 Å². The zero-order chi connectivity index (χ0) is 15.5. The number of nitrogens with zero attached hydrogens (tertiary/aromatic N) is 1. The van der Waals surface area contributed by atoms with Crippen molar-refractivity contribution >= 4 is 22.2 Å². The van der Waals surface area contributed by atoms with Gasteiger partial charge in [-0.25, -0.2) is 0 Å². The predicted molar refractivity (Wildman–Crippen MR) is 93.8 cm³/mol. The molecular weight excluding hydrogens is 270 g/mol. The third kappa shape index (κ3) is 2.51. The van der Waals surface area contributed by atoms with Gasteiger partial charge in [-0.3, -0.25) is 0 Å². The maximum Gasteiger partial charge on any atom is 0.214 e. The third-order valence-electron chi connectivity index (χ3n) is 4.55. The van der Waals surface area contributed by atoms with Crippen molar-refractivity contribution in [2.24, 2.45) is 0 Å². The molecule has 0 atom stereocenters. The van der Waals surface area contributed by atoms with Crippen LogP contribution in [0.1, 0.15) is 52.0 Å². The molecule has 22 heavy (non-hydrogen) atoms. The fourth-order valence-electron chi connectivity index (χ4n) is 3.27. The van der Waals surface area contributed by atoms with E-state index in [2.05, 4.69) is 55.7 Å². The van der Waals surface area contributed by atoms with Crippen molar-refractivity contribution in [2.45, 2.75) is 46.5 Å². The maximum absolute atomic E-state index is 6.02. The smallest absolute Gasteiger partial charge is 0.214 e. The molecule has 0 spiro atoms. The summed E-state index contributed by atoms with van der Waals surface area (Å²) in [5.74, 6) is 1.03. The molecule has 1 aliphatic heterocycles. The van der Waals surface area contributed by atoms with Crippen LogP contribution < -0.4 is 4.74 Å². The van der Waals surface area contributed by atoms with Gasteiger partial charge in [0, 0.05) is 24.8 Å². The lowest BCUT2D eigenvalue weighted by molar-refractivity contribution is -0.437. The molecule has 3 rings (SSSR count). The van der Waals surface area contributed by atoms with Crippen LogP contribution in [0.5, 0.6) is 5.75 Å². The molecule has 0 amide bonds. The van der Waals surface area contributed by atoms with Gasteiger partial charge in [0.25, 0.3) is 0 Å². The van der Waals surface area contributed by atoms with Crippen LogP contribution in [0, 0.1) is 0 Å². The summed E-state index contributed by atoms with van der Waals surface area (Å²) in [6.45, 7) is 8.58. The second-order valence-corrected chi connectivity index (χ2v) is 6.10. The van der Waals surface area contributed by atoms with Crippen molar-refractivity contribution in [2.75, 3.05) is 13.2 Å². The zero-order valence-electron chi connectivity index (χ0n) is 14.0. The molecule has 0 bridgehead atoms. The van der Waals surface area contributed by atoms with Crippen molar-refractivity contribution in [1.29, 1.82) is 0 Å². The van der Waals surface area contributed by atoms with Crippen LogP contribution in [0.3, 0.4) is 0 Å². The first-order valence-corrected chi connectivity index (χ1v) is 8.58. The fourth-order valence-corrected chi connectivity index (χ4v) is 3.27. The van der Waals surface area contributed by atoms with E-state index in [1.165, 1.54) is 47.0 Å². The van der Waals surface area contributed by atoms with Gasteiger partial charge < -0.3 is 4.74 Å². The number of benzene rings is 2. The summed E-state index contributed by atoms with van der Waals surface area (Å²) < 4.78 is 8.49. The molecule has 1 heterocycles. The van der Waals surface area contributed by atoms with Gasteiger partial charge in [-0.2, -0.15) is 4.58 Å². The normalized spacial score (nSPS) is 13.2. The molecule has 2 aromatic carbocycles. The molecule has 0 saturated carbocycles. The van der Waals surface area contributed by atoms with Crippen molar-refractivity contribution in [3.8, 4) is 5.75 Å². The van der Waals surface area contributed by atoms with Crippen LogP contribution in [0.4, 0.5) is 5.69 Å². The number of ether oxygens (including phenoxy) is 1. The Labute approximate surface area is 133 Å². The Morgan fingerprint density at radius 2 is 1.82 bits per heavy atom. The molecule has 2 heteroatoms. The van der Waals surface area contributed by atoms with Crippen molar-refractivity contribution in [3.63, 3.8) is 0 Å². The Morgan fingerprint density at radius 3 is 2.59 bits per heavy atom. The fraction of sp³-hybridized carbons (Fsp3) is 0.450. The second-order valence-electron chi connectivity index (χ2n) is 6.10. The average Bonchev–Trinajstić information content (AvgIpc) is 2.82. The maximum atomic E-state index is 6.02. The summed E-state index contributed by atoms with van der Waals surface area (Å²) in [5, 5.41) is 2.62. The Bertz CT molecular complexity index is 715. The summed E-state index contributed by atoms with van der Waals surface area (Å²) in [6.07, 6.45) is 4.72. The van der Waals surface area contributed by atoms with Gasteiger partial charge in [-0.1, -0.05) is 38.8 Å². The highest BCUT2D eigenvalue weighted by molar-refractivity contribution is 6.15. The Hall–Kier alpha value is -1.83. The molecular formula is C20H26NO+. The van der Waals surface area contributed by atoms with Gasteiger partial charge in [-0.05, 0) is 18.6 Å². The van der Waals surface area contributed by atoms with Crippen LogP contribution in [0.15, 0.2) is 30.3 Å². The molecule has 0 saturated heterocycles. The van der Waals surface area contributed by atoms with E-state index in [1.54, 1.807) is 0 Å². The zero-order valence-corrected chi connectivity index (χ0v) is 14.0. The molecule has 0 fully saturated rings. The SMILES string of the molecule is CCCCOc1ccc2c3c(cccc13)C(C)=[N+]2CCCC. The lowest BCUT2D eigenvalue weighted by Crippen LogP contribution is -2.11. The van der Waals surface area contributed by atoms with E-state index in [0.717, 1.165) is 25.3 Å². The van der Waals surface area contributed by atoms with Gasteiger partial charge in [0.15, 0.2) is 5.71 Å². The molecule has 116 valence electrons. The highest BCUT2D eigenvalue weighted by atomic mass is 16.5. The van der Waals surface area contributed by atoms with Crippen LogP contribution in [0.2, 0.25) is 0 Å². The van der Waals surface area contributed by atoms with E-state index < -0.39 is 0 Å². The minimum atomic E-state index is 0.803. The van der Waals surface area contributed by atoms with E-state index >= 15 is 0 Å². The van der Waals surface area contributed by atoms with E-state index in [9.17, 15) is 0 Å². The number of unbranched alkanes of at least 4 members (excludes halogenated alkanes) is 2. The summed E-state index contributed by atoms with van der Waals surface area (Å²) in [5.41, 5.74) is 4.09. The molecule has 0 N–H and O–H groups in total. The average molecular weight is 296 g/mol. The van der Waals surface area contributed by atoms with Crippen LogP contribution in [0.25, 0.3) is 10.8 Å². The van der Waals surface area contributed by atoms with Crippen LogP contribution in [-0.2, 0) is 0 Å². The van der Waals surface area contributed by atoms with Gasteiger partial charge in [0.05, 0.1) is 17.6 Å². The third-order valence-corrected chi connectivity index (χ3v) is 4.55. The summed E-state index contributed by atoms with van der Waals surface area (Å²) in [7, 11) is 0. The molecule has 0 unspecified atom stereocenters. The lowest BCUT2D eigenvalue weighted by atomic mass is 10.0. The first-order chi connectivity index (χ1) is 10.8. The Morgan fingerprint density at radius 1 is 1.00 bits per heavy atom. The van der Waals surface area contributed by atoms with E-state index in [4.69, 9.17) is 4.74 Å². The minimum Gasteiger partial charge on any atom is -0.493 e. The lowest BCUT2D eigenvalue weighted by Gasteiger charge is -2.09. The summed E-state index contributed by atoms with van der Waals surface area (Å²) >= 11 is 0. The number of hydrogen-bond donors (Lipinski definition) is 0. The monoisotopic (exact) mass is 296 g/mol. The van der Waals surface area contributed by atoms with Gasteiger partial charge in [0.1, 0.15) is 12.3 Å². The van der Waals surface area contributed by atoms with Crippen molar-refractivity contribution in [3.05, 3.63) is 35.9 Å². The molecule has 2 nitrogen and oxygen atoms in total. The van der Waals surface area contributed by atoms with Gasteiger partial charge >= 0.3 is 0 Å². The van der Waals surface area contributed by atoms with Crippen LogP contribution in [-0.4, -0.2) is 23.4 Å².